The Bertz CT molecular complexity index is 885. The number of benzene rings is 1. The minimum absolute atomic E-state index is 0.0454. The second-order valence-corrected chi connectivity index (χ2v) is 9.28. The maximum atomic E-state index is 13.6. The number of sulfonamides is 1. The molecular weight excluding hydrogens is 364 g/mol. The predicted octanol–water partition coefficient (Wildman–Crippen LogP) is 2.89. The van der Waals surface area contributed by atoms with Crippen molar-refractivity contribution in [1.82, 2.24) is 9.29 Å². The number of hydrogen-bond donors (Lipinski definition) is 0. The second-order valence-electron chi connectivity index (χ2n) is 7.37. The molecule has 0 amide bonds. The van der Waals surface area contributed by atoms with Gasteiger partial charge in [-0.3, -0.25) is 4.98 Å². The summed E-state index contributed by atoms with van der Waals surface area (Å²) < 4.78 is 40.3. The van der Waals surface area contributed by atoms with Crippen molar-refractivity contribution in [3.63, 3.8) is 0 Å². The van der Waals surface area contributed by atoms with E-state index in [2.05, 4.69) is 4.98 Å². The number of rotatable bonds is 6. The van der Waals surface area contributed by atoms with E-state index >= 15 is 0 Å². The van der Waals surface area contributed by atoms with Crippen LogP contribution in [0.3, 0.4) is 0 Å². The molecule has 7 heteroatoms. The Balaban J connectivity index is 1.71. The van der Waals surface area contributed by atoms with Crippen molar-refractivity contribution in [2.75, 3.05) is 26.3 Å². The number of nitrogens with zero attached hydrogens (tertiary/aromatic N) is 2. The van der Waals surface area contributed by atoms with Gasteiger partial charge in [0.25, 0.3) is 0 Å². The lowest BCUT2D eigenvalue weighted by molar-refractivity contribution is 0.0649. The van der Waals surface area contributed by atoms with E-state index < -0.39 is 10.0 Å². The zero-order valence-electron chi connectivity index (χ0n) is 15.6. The number of aromatic nitrogens is 1. The van der Waals surface area contributed by atoms with Gasteiger partial charge < -0.3 is 9.47 Å². The number of pyridine rings is 1. The molecule has 6 nitrogen and oxygen atoms in total. The molecule has 0 unspecified atom stereocenters. The zero-order valence-corrected chi connectivity index (χ0v) is 16.5. The van der Waals surface area contributed by atoms with E-state index in [0.29, 0.717) is 36.6 Å². The third kappa shape index (κ3) is 3.87. The Labute approximate surface area is 160 Å². The summed E-state index contributed by atoms with van der Waals surface area (Å²) in [4.78, 5) is 4.70. The molecule has 0 spiro atoms. The van der Waals surface area contributed by atoms with Crippen LogP contribution >= 0.6 is 0 Å². The minimum Gasteiger partial charge on any atom is -0.377 e. The minimum atomic E-state index is -3.69. The average Bonchev–Trinajstić information content (AvgIpc) is 3.35. The van der Waals surface area contributed by atoms with Gasteiger partial charge in [0, 0.05) is 37.9 Å². The lowest BCUT2D eigenvalue weighted by Gasteiger charge is -2.27. The molecule has 146 valence electrons. The van der Waals surface area contributed by atoms with Gasteiger partial charge in [0.05, 0.1) is 22.6 Å². The molecule has 4 rings (SSSR count). The van der Waals surface area contributed by atoms with Gasteiger partial charge in [0.1, 0.15) is 0 Å². The van der Waals surface area contributed by atoms with Crippen LogP contribution in [0.2, 0.25) is 0 Å². The van der Waals surface area contributed by atoms with Gasteiger partial charge >= 0.3 is 0 Å². The normalized spacial score (nSPS) is 23.5. The Morgan fingerprint density at radius 1 is 1.07 bits per heavy atom. The molecule has 0 radical (unpaired) electrons. The van der Waals surface area contributed by atoms with Gasteiger partial charge in [-0.05, 0) is 56.4 Å². The topological polar surface area (TPSA) is 68.7 Å². The van der Waals surface area contributed by atoms with Crippen LogP contribution in [0.5, 0.6) is 0 Å². The molecule has 0 aliphatic carbocycles. The van der Waals surface area contributed by atoms with E-state index in [1.54, 1.807) is 22.6 Å². The molecule has 3 heterocycles. The van der Waals surface area contributed by atoms with Crippen LogP contribution in [0.15, 0.2) is 35.4 Å². The molecule has 2 aromatic rings. The molecule has 2 atom stereocenters. The van der Waals surface area contributed by atoms with Crippen molar-refractivity contribution >= 4 is 20.9 Å². The van der Waals surface area contributed by atoms with E-state index in [0.717, 1.165) is 36.8 Å². The van der Waals surface area contributed by atoms with Gasteiger partial charge in [-0.15, -0.1) is 0 Å². The Kier molecular flexibility index (Phi) is 5.45. The molecule has 0 N–H and O–H groups in total. The third-order valence-electron chi connectivity index (χ3n) is 5.41. The molecule has 2 aliphatic rings. The molecule has 27 heavy (non-hydrogen) atoms. The maximum Gasteiger partial charge on any atom is 0.243 e. The fraction of sp³-hybridized carbons (Fsp3) is 0.550. The fourth-order valence-corrected chi connectivity index (χ4v) is 5.64. The largest absolute Gasteiger partial charge is 0.377 e. The predicted molar refractivity (Wildman–Crippen MR) is 103 cm³/mol. The SMILES string of the molecule is Cc1ccc(S(=O)(=O)N(C[C@@H]2CCCO2)C[C@@H]2CCCO2)c2cccnc12. The van der Waals surface area contributed by atoms with Gasteiger partial charge in [-0.1, -0.05) is 6.07 Å². The number of fused-ring (bicyclic) bond motifs is 1. The number of hydrogen-bond acceptors (Lipinski definition) is 5. The summed E-state index contributed by atoms with van der Waals surface area (Å²) in [6.07, 6.45) is 5.36. The van der Waals surface area contributed by atoms with Gasteiger partial charge in [-0.25, -0.2) is 8.42 Å². The van der Waals surface area contributed by atoms with Crippen LogP contribution in [0.1, 0.15) is 31.2 Å². The van der Waals surface area contributed by atoms with Gasteiger partial charge in [-0.2, -0.15) is 4.31 Å². The summed E-state index contributed by atoms with van der Waals surface area (Å²) in [5.74, 6) is 0. The summed E-state index contributed by atoms with van der Waals surface area (Å²) in [5.41, 5.74) is 1.70. The first-order valence-corrected chi connectivity index (χ1v) is 11.1. The Morgan fingerprint density at radius 3 is 2.33 bits per heavy atom. The van der Waals surface area contributed by atoms with Crippen LogP contribution in [-0.4, -0.2) is 56.2 Å². The quantitative estimate of drug-likeness (QED) is 0.759. The molecule has 0 bridgehead atoms. The first-order valence-electron chi connectivity index (χ1n) is 9.63. The lowest BCUT2D eigenvalue weighted by Crippen LogP contribution is -2.42. The summed E-state index contributed by atoms with van der Waals surface area (Å²) in [6, 6.07) is 7.15. The molecule has 2 aliphatic heterocycles. The Hall–Kier alpha value is -1.54. The van der Waals surface area contributed by atoms with E-state index in [9.17, 15) is 8.42 Å². The summed E-state index contributed by atoms with van der Waals surface area (Å²) in [6.45, 7) is 4.10. The smallest absolute Gasteiger partial charge is 0.243 e. The molecule has 2 saturated heterocycles. The van der Waals surface area contributed by atoms with Crippen LogP contribution in [-0.2, 0) is 19.5 Å². The number of ether oxygens (including phenoxy) is 2. The number of aryl methyl sites for hydroxylation is 1. The molecule has 1 aromatic heterocycles. The summed E-state index contributed by atoms with van der Waals surface area (Å²) in [7, 11) is -3.69. The molecule has 1 aromatic carbocycles. The van der Waals surface area contributed by atoms with E-state index in [4.69, 9.17) is 9.47 Å². The third-order valence-corrected chi connectivity index (χ3v) is 7.30. The molecule has 0 saturated carbocycles. The highest BCUT2D eigenvalue weighted by atomic mass is 32.2. The molecular formula is C20H26N2O4S. The standard InChI is InChI=1S/C20H26N2O4S/c1-15-8-9-19(18-7-2-10-21-20(15)18)27(23,24)22(13-16-5-3-11-25-16)14-17-6-4-12-26-17/h2,7-10,16-17H,3-6,11-14H2,1H3/t16-,17-/m0/s1. The van der Waals surface area contributed by atoms with Crippen molar-refractivity contribution in [3.8, 4) is 0 Å². The Morgan fingerprint density at radius 2 is 1.74 bits per heavy atom. The van der Waals surface area contributed by atoms with Crippen LogP contribution < -0.4 is 0 Å². The monoisotopic (exact) mass is 390 g/mol. The maximum absolute atomic E-state index is 13.6. The van der Waals surface area contributed by atoms with E-state index in [1.165, 1.54) is 0 Å². The summed E-state index contributed by atoms with van der Waals surface area (Å²) >= 11 is 0. The van der Waals surface area contributed by atoms with Gasteiger partial charge in [0.2, 0.25) is 10.0 Å². The summed E-state index contributed by atoms with van der Waals surface area (Å²) in [5, 5.41) is 0.669. The van der Waals surface area contributed by atoms with Crippen molar-refractivity contribution in [3.05, 3.63) is 36.0 Å². The highest BCUT2D eigenvalue weighted by Gasteiger charge is 2.33. The van der Waals surface area contributed by atoms with Crippen molar-refractivity contribution in [2.24, 2.45) is 0 Å². The first kappa shape index (κ1) is 18.8. The highest BCUT2D eigenvalue weighted by molar-refractivity contribution is 7.89. The average molecular weight is 391 g/mol. The van der Waals surface area contributed by atoms with Crippen LogP contribution in [0.4, 0.5) is 0 Å². The van der Waals surface area contributed by atoms with Crippen molar-refractivity contribution in [1.29, 1.82) is 0 Å². The van der Waals surface area contributed by atoms with Crippen molar-refractivity contribution < 1.29 is 17.9 Å². The zero-order chi connectivity index (χ0) is 18.9. The highest BCUT2D eigenvalue weighted by Crippen LogP contribution is 2.29. The van der Waals surface area contributed by atoms with Crippen LogP contribution in [0.25, 0.3) is 10.9 Å². The van der Waals surface area contributed by atoms with E-state index in [1.807, 2.05) is 19.1 Å². The van der Waals surface area contributed by atoms with Crippen LogP contribution in [0, 0.1) is 6.92 Å². The van der Waals surface area contributed by atoms with Gasteiger partial charge in [0.15, 0.2) is 0 Å². The molecule has 2 fully saturated rings. The van der Waals surface area contributed by atoms with Crippen molar-refractivity contribution in [2.45, 2.75) is 49.7 Å². The first-order chi connectivity index (χ1) is 13.1. The van der Waals surface area contributed by atoms with E-state index in [-0.39, 0.29) is 12.2 Å². The second kappa shape index (κ2) is 7.83. The fourth-order valence-electron chi connectivity index (χ4n) is 3.95. The lowest BCUT2D eigenvalue weighted by atomic mass is 10.1.